The van der Waals surface area contributed by atoms with Gasteiger partial charge in [-0.25, -0.2) is 0 Å². The third-order valence-electron chi connectivity index (χ3n) is 4.05. The van der Waals surface area contributed by atoms with E-state index in [9.17, 15) is 4.79 Å². The van der Waals surface area contributed by atoms with Crippen LogP contribution >= 0.6 is 11.6 Å². The molecule has 1 aliphatic rings. The van der Waals surface area contributed by atoms with Crippen molar-refractivity contribution in [3.05, 3.63) is 40.7 Å². The number of anilines is 1. The van der Waals surface area contributed by atoms with Crippen LogP contribution in [0.4, 0.5) is 5.69 Å². The minimum absolute atomic E-state index is 0.0742. The van der Waals surface area contributed by atoms with Crippen LogP contribution in [0.3, 0.4) is 0 Å². The summed E-state index contributed by atoms with van der Waals surface area (Å²) in [6, 6.07) is 7.25. The van der Waals surface area contributed by atoms with Crippen molar-refractivity contribution in [1.29, 1.82) is 0 Å². The summed E-state index contributed by atoms with van der Waals surface area (Å²) in [7, 11) is 0. The van der Waals surface area contributed by atoms with Gasteiger partial charge in [0.1, 0.15) is 6.10 Å². The molecule has 0 fully saturated rings. The van der Waals surface area contributed by atoms with Gasteiger partial charge in [0.2, 0.25) is 0 Å². The summed E-state index contributed by atoms with van der Waals surface area (Å²) in [5, 5.41) is 7.62. The number of rotatable bonds is 3. The summed E-state index contributed by atoms with van der Waals surface area (Å²) in [5.41, 5.74) is 2.05. The van der Waals surface area contributed by atoms with Crippen LogP contribution in [0.1, 0.15) is 49.3 Å². The highest BCUT2D eigenvalue weighted by Crippen LogP contribution is 2.40. The van der Waals surface area contributed by atoms with Crippen LogP contribution in [0.2, 0.25) is 5.02 Å². The zero-order valence-corrected chi connectivity index (χ0v) is 14.2. The second-order valence-electron chi connectivity index (χ2n) is 6.02. The molecule has 0 saturated heterocycles. The quantitative estimate of drug-likeness (QED) is 0.923. The van der Waals surface area contributed by atoms with Crippen LogP contribution < -0.4 is 9.64 Å². The number of aromatic amines is 1. The second kappa shape index (κ2) is 6.24. The van der Waals surface area contributed by atoms with E-state index in [2.05, 4.69) is 24.0 Å². The molecular formula is C17H20ClN3O2. The average Bonchev–Trinajstić information content (AvgIpc) is 3.04. The maximum absolute atomic E-state index is 12.9. The molecule has 5 nitrogen and oxygen atoms in total. The monoisotopic (exact) mass is 333 g/mol. The molecule has 0 spiro atoms. The van der Waals surface area contributed by atoms with Crippen LogP contribution in [-0.2, 0) is 0 Å². The van der Waals surface area contributed by atoms with Crippen molar-refractivity contribution in [2.45, 2.75) is 39.2 Å². The SMILES string of the molecule is CC[C@H]1CN(C(=O)c2cc(C(C)C)[nH]n2)c2cccc(Cl)c2O1. The van der Waals surface area contributed by atoms with Crippen molar-refractivity contribution in [2.75, 3.05) is 11.4 Å². The van der Waals surface area contributed by atoms with E-state index in [0.717, 1.165) is 12.1 Å². The van der Waals surface area contributed by atoms with Crippen molar-refractivity contribution in [3.8, 4) is 5.75 Å². The molecule has 122 valence electrons. The lowest BCUT2D eigenvalue weighted by molar-refractivity contribution is 0.0949. The highest BCUT2D eigenvalue weighted by molar-refractivity contribution is 6.32. The topological polar surface area (TPSA) is 58.2 Å². The molecule has 0 unspecified atom stereocenters. The maximum Gasteiger partial charge on any atom is 0.279 e. The molecule has 1 aliphatic heterocycles. The summed E-state index contributed by atoms with van der Waals surface area (Å²) < 4.78 is 5.92. The fourth-order valence-electron chi connectivity index (χ4n) is 2.62. The van der Waals surface area contributed by atoms with Gasteiger partial charge in [0.25, 0.3) is 5.91 Å². The van der Waals surface area contributed by atoms with Crippen LogP contribution in [0.25, 0.3) is 0 Å². The molecule has 3 rings (SSSR count). The fourth-order valence-corrected chi connectivity index (χ4v) is 2.83. The summed E-state index contributed by atoms with van der Waals surface area (Å²) in [4.78, 5) is 14.6. The molecule has 1 amide bonds. The van der Waals surface area contributed by atoms with Crippen molar-refractivity contribution < 1.29 is 9.53 Å². The number of para-hydroxylation sites is 1. The summed E-state index contributed by atoms with van der Waals surface area (Å²) in [6.07, 6.45) is 0.724. The van der Waals surface area contributed by atoms with Gasteiger partial charge in [-0.15, -0.1) is 0 Å². The van der Waals surface area contributed by atoms with Gasteiger partial charge in [-0.05, 0) is 30.5 Å². The number of carbonyl (C=O) groups excluding carboxylic acids is 1. The molecular weight excluding hydrogens is 314 g/mol. The van der Waals surface area contributed by atoms with Crippen LogP contribution in [-0.4, -0.2) is 28.8 Å². The molecule has 0 bridgehead atoms. The van der Waals surface area contributed by atoms with Gasteiger partial charge in [-0.1, -0.05) is 38.4 Å². The van der Waals surface area contributed by atoms with Gasteiger partial charge >= 0.3 is 0 Å². The van der Waals surface area contributed by atoms with Gasteiger partial charge in [0, 0.05) is 5.69 Å². The van der Waals surface area contributed by atoms with E-state index in [1.54, 1.807) is 11.0 Å². The van der Waals surface area contributed by atoms with Crippen molar-refractivity contribution in [3.63, 3.8) is 0 Å². The first-order valence-electron chi connectivity index (χ1n) is 7.83. The summed E-state index contributed by atoms with van der Waals surface area (Å²) >= 11 is 6.24. The van der Waals surface area contributed by atoms with E-state index in [-0.39, 0.29) is 12.0 Å². The Kier molecular flexibility index (Phi) is 4.31. The van der Waals surface area contributed by atoms with Gasteiger partial charge in [0.05, 0.1) is 17.3 Å². The zero-order valence-electron chi connectivity index (χ0n) is 13.5. The Morgan fingerprint density at radius 3 is 2.96 bits per heavy atom. The highest BCUT2D eigenvalue weighted by atomic mass is 35.5. The van der Waals surface area contributed by atoms with Crippen LogP contribution in [0, 0.1) is 0 Å². The van der Waals surface area contributed by atoms with Gasteiger partial charge in [-0.3, -0.25) is 14.8 Å². The zero-order chi connectivity index (χ0) is 16.6. The predicted octanol–water partition coefficient (Wildman–Crippen LogP) is 4.00. The summed E-state index contributed by atoms with van der Waals surface area (Å²) in [6.45, 7) is 6.63. The van der Waals surface area contributed by atoms with Gasteiger partial charge in [-0.2, -0.15) is 5.10 Å². The number of nitrogens with one attached hydrogen (secondary N) is 1. The summed E-state index contributed by atoms with van der Waals surface area (Å²) in [5.74, 6) is 0.720. The van der Waals surface area contributed by atoms with Gasteiger partial charge < -0.3 is 4.74 Å². The van der Waals surface area contributed by atoms with E-state index in [4.69, 9.17) is 16.3 Å². The molecule has 0 radical (unpaired) electrons. The minimum atomic E-state index is -0.140. The van der Waals surface area contributed by atoms with E-state index >= 15 is 0 Å². The Balaban J connectivity index is 1.98. The molecule has 0 aliphatic carbocycles. The standard InChI is InChI=1S/C17H20ClN3O2/c1-4-11-9-21(15-7-5-6-12(18)16(15)23-11)17(22)14-8-13(10(2)3)19-20-14/h5-8,10-11H,4,9H2,1-3H3,(H,19,20)/t11-/m0/s1. The average molecular weight is 334 g/mol. The Bertz CT molecular complexity index is 726. The van der Waals surface area contributed by atoms with Crippen molar-refractivity contribution in [2.24, 2.45) is 0 Å². The maximum atomic E-state index is 12.9. The Morgan fingerprint density at radius 1 is 1.52 bits per heavy atom. The second-order valence-corrected chi connectivity index (χ2v) is 6.42. The lowest BCUT2D eigenvalue weighted by atomic mass is 10.1. The molecule has 2 aromatic rings. The molecule has 0 saturated carbocycles. The molecule has 1 atom stereocenters. The third-order valence-corrected chi connectivity index (χ3v) is 4.34. The van der Waals surface area contributed by atoms with E-state index in [1.807, 2.05) is 25.1 Å². The molecule has 6 heteroatoms. The number of carbonyl (C=O) groups is 1. The van der Waals surface area contributed by atoms with Crippen molar-refractivity contribution in [1.82, 2.24) is 10.2 Å². The number of fused-ring (bicyclic) bond motifs is 1. The number of H-pyrrole nitrogens is 1. The Labute approximate surface area is 140 Å². The van der Waals surface area contributed by atoms with E-state index in [1.165, 1.54) is 0 Å². The first-order chi connectivity index (χ1) is 11.0. The lowest BCUT2D eigenvalue weighted by Gasteiger charge is -2.34. The third kappa shape index (κ3) is 2.93. The first-order valence-corrected chi connectivity index (χ1v) is 8.21. The fraction of sp³-hybridized carbons (Fsp3) is 0.412. The van der Waals surface area contributed by atoms with E-state index in [0.29, 0.717) is 34.6 Å². The largest absolute Gasteiger partial charge is 0.485 e. The molecule has 1 aromatic heterocycles. The lowest BCUT2D eigenvalue weighted by Crippen LogP contribution is -2.43. The molecule has 2 heterocycles. The number of nitrogens with zero attached hydrogens (tertiary/aromatic N) is 2. The number of halogens is 1. The Hall–Kier alpha value is -2.01. The van der Waals surface area contributed by atoms with Gasteiger partial charge in [0.15, 0.2) is 11.4 Å². The Morgan fingerprint density at radius 2 is 2.30 bits per heavy atom. The molecule has 1 aromatic carbocycles. The van der Waals surface area contributed by atoms with E-state index < -0.39 is 0 Å². The minimum Gasteiger partial charge on any atom is -0.485 e. The number of ether oxygens (including phenoxy) is 1. The predicted molar refractivity (Wildman–Crippen MR) is 90.5 cm³/mol. The number of hydrogen-bond donors (Lipinski definition) is 1. The van der Waals surface area contributed by atoms with Crippen LogP contribution in [0.15, 0.2) is 24.3 Å². The van der Waals surface area contributed by atoms with Crippen molar-refractivity contribution >= 4 is 23.2 Å². The number of amides is 1. The number of aromatic nitrogens is 2. The molecule has 1 N–H and O–H groups in total. The normalized spacial score (nSPS) is 17.1. The smallest absolute Gasteiger partial charge is 0.279 e. The highest BCUT2D eigenvalue weighted by Gasteiger charge is 2.32. The number of benzene rings is 1. The molecule has 23 heavy (non-hydrogen) atoms. The first kappa shape index (κ1) is 15.9. The van der Waals surface area contributed by atoms with Crippen LogP contribution in [0.5, 0.6) is 5.75 Å². The number of hydrogen-bond acceptors (Lipinski definition) is 3.